The largest absolute Gasteiger partial charge is 0.497 e. The van der Waals surface area contributed by atoms with Gasteiger partial charge in [-0.2, -0.15) is 0 Å². The summed E-state index contributed by atoms with van der Waals surface area (Å²) < 4.78 is 5.26. The Kier molecular flexibility index (Phi) is 3.98. The summed E-state index contributed by atoms with van der Waals surface area (Å²) in [6, 6.07) is 15.3. The number of hydrogen-bond donors (Lipinski definition) is 1. The van der Waals surface area contributed by atoms with E-state index in [0.717, 1.165) is 33.7 Å². The first-order chi connectivity index (χ1) is 11.1. The molecule has 0 saturated carbocycles. The van der Waals surface area contributed by atoms with Crippen LogP contribution in [0.4, 0.5) is 11.4 Å². The molecule has 0 atom stereocenters. The predicted octanol–water partition coefficient (Wildman–Crippen LogP) is 4.50. The molecule has 0 unspecified atom stereocenters. The van der Waals surface area contributed by atoms with Gasteiger partial charge in [-0.15, -0.1) is 0 Å². The quantitative estimate of drug-likeness (QED) is 0.721. The summed E-state index contributed by atoms with van der Waals surface area (Å²) in [4.78, 5) is 16.1. The molecular formula is C19H18N2O2. The average molecular weight is 306 g/mol. The molecule has 0 saturated heterocycles. The number of nitrogens with zero attached hydrogens (tertiary/aromatic N) is 1. The Morgan fingerprint density at radius 1 is 1.13 bits per heavy atom. The third-order valence-corrected chi connectivity index (χ3v) is 3.69. The van der Waals surface area contributed by atoms with Crippen LogP contribution in [0.3, 0.4) is 0 Å². The van der Waals surface area contributed by atoms with Gasteiger partial charge < -0.3 is 10.1 Å². The monoisotopic (exact) mass is 306 g/mol. The Hall–Kier alpha value is -2.88. The highest BCUT2D eigenvalue weighted by molar-refractivity contribution is 5.97. The molecule has 3 aromatic rings. The Morgan fingerprint density at radius 3 is 2.70 bits per heavy atom. The smallest absolute Gasteiger partial charge is 0.159 e. The molecule has 0 bridgehead atoms. The molecule has 2 aromatic carbocycles. The fourth-order valence-corrected chi connectivity index (χ4v) is 2.54. The normalized spacial score (nSPS) is 10.6. The third-order valence-electron chi connectivity index (χ3n) is 3.69. The minimum absolute atomic E-state index is 0.0501. The lowest BCUT2D eigenvalue weighted by atomic mass is 10.1. The first-order valence-corrected chi connectivity index (χ1v) is 7.40. The van der Waals surface area contributed by atoms with Gasteiger partial charge in [0.15, 0.2) is 5.78 Å². The van der Waals surface area contributed by atoms with Crippen LogP contribution in [0.5, 0.6) is 5.75 Å². The SMILES string of the molecule is COc1ccc2c(Nc3cccc(C(C)=O)c3)cc(C)nc2c1. The molecule has 0 radical (unpaired) electrons. The summed E-state index contributed by atoms with van der Waals surface area (Å²) in [7, 11) is 1.64. The van der Waals surface area contributed by atoms with Crippen molar-refractivity contribution in [1.82, 2.24) is 4.98 Å². The van der Waals surface area contributed by atoms with Crippen LogP contribution < -0.4 is 10.1 Å². The van der Waals surface area contributed by atoms with Gasteiger partial charge >= 0.3 is 0 Å². The van der Waals surface area contributed by atoms with Gasteiger partial charge in [-0.05, 0) is 44.2 Å². The molecular weight excluding hydrogens is 288 g/mol. The summed E-state index contributed by atoms with van der Waals surface area (Å²) in [5.41, 5.74) is 4.30. The van der Waals surface area contributed by atoms with E-state index in [2.05, 4.69) is 10.3 Å². The second-order valence-corrected chi connectivity index (χ2v) is 5.46. The zero-order chi connectivity index (χ0) is 16.4. The van der Waals surface area contributed by atoms with Crippen LogP contribution >= 0.6 is 0 Å². The van der Waals surface area contributed by atoms with E-state index in [1.165, 1.54) is 0 Å². The number of ether oxygens (including phenoxy) is 1. The van der Waals surface area contributed by atoms with Crippen molar-refractivity contribution < 1.29 is 9.53 Å². The molecule has 0 fully saturated rings. The Balaban J connectivity index is 2.06. The van der Waals surface area contributed by atoms with Crippen LogP contribution in [0.15, 0.2) is 48.5 Å². The van der Waals surface area contributed by atoms with Crippen molar-refractivity contribution in [3.63, 3.8) is 0 Å². The molecule has 4 heteroatoms. The van der Waals surface area contributed by atoms with Crippen LogP contribution in [-0.4, -0.2) is 17.9 Å². The molecule has 0 aliphatic carbocycles. The van der Waals surface area contributed by atoms with E-state index in [1.807, 2.05) is 55.5 Å². The first kappa shape index (κ1) is 15.0. The molecule has 116 valence electrons. The van der Waals surface area contributed by atoms with Gasteiger partial charge in [0.25, 0.3) is 0 Å². The minimum atomic E-state index is 0.0501. The number of anilines is 2. The number of nitrogens with one attached hydrogen (secondary N) is 1. The minimum Gasteiger partial charge on any atom is -0.497 e. The van der Waals surface area contributed by atoms with Crippen molar-refractivity contribution in [2.75, 3.05) is 12.4 Å². The van der Waals surface area contributed by atoms with Crippen LogP contribution in [0.25, 0.3) is 10.9 Å². The summed E-state index contributed by atoms with van der Waals surface area (Å²) in [6.07, 6.45) is 0. The number of fused-ring (bicyclic) bond motifs is 1. The highest BCUT2D eigenvalue weighted by atomic mass is 16.5. The fourth-order valence-electron chi connectivity index (χ4n) is 2.54. The first-order valence-electron chi connectivity index (χ1n) is 7.40. The van der Waals surface area contributed by atoms with E-state index in [9.17, 15) is 4.79 Å². The number of rotatable bonds is 4. The molecule has 1 aromatic heterocycles. The van der Waals surface area contributed by atoms with E-state index < -0.39 is 0 Å². The van der Waals surface area contributed by atoms with Gasteiger partial charge in [-0.1, -0.05) is 12.1 Å². The highest BCUT2D eigenvalue weighted by Gasteiger charge is 2.07. The Labute approximate surface area is 135 Å². The lowest BCUT2D eigenvalue weighted by molar-refractivity contribution is 0.101. The van der Waals surface area contributed by atoms with Crippen LogP contribution in [-0.2, 0) is 0 Å². The number of carbonyl (C=O) groups excluding carboxylic acids is 1. The highest BCUT2D eigenvalue weighted by Crippen LogP contribution is 2.29. The van der Waals surface area contributed by atoms with Crippen molar-refractivity contribution in [2.45, 2.75) is 13.8 Å². The zero-order valence-electron chi connectivity index (χ0n) is 13.4. The van der Waals surface area contributed by atoms with Crippen LogP contribution in [0.1, 0.15) is 23.0 Å². The molecule has 3 rings (SSSR count). The van der Waals surface area contributed by atoms with Gasteiger partial charge in [0.2, 0.25) is 0 Å². The summed E-state index contributed by atoms with van der Waals surface area (Å²) >= 11 is 0. The van der Waals surface area contributed by atoms with E-state index in [-0.39, 0.29) is 5.78 Å². The Morgan fingerprint density at radius 2 is 1.96 bits per heavy atom. The molecule has 0 spiro atoms. The number of aryl methyl sites for hydroxylation is 1. The van der Waals surface area contributed by atoms with Crippen molar-refractivity contribution in [2.24, 2.45) is 0 Å². The number of benzene rings is 2. The second-order valence-electron chi connectivity index (χ2n) is 5.46. The molecule has 0 aliphatic heterocycles. The maximum absolute atomic E-state index is 11.5. The molecule has 1 heterocycles. The van der Waals surface area contributed by atoms with Crippen molar-refractivity contribution >= 4 is 28.1 Å². The second kappa shape index (κ2) is 6.08. The van der Waals surface area contributed by atoms with Crippen LogP contribution in [0.2, 0.25) is 0 Å². The van der Waals surface area contributed by atoms with Gasteiger partial charge in [-0.3, -0.25) is 9.78 Å². The zero-order valence-corrected chi connectivity index (χ0v) is 13.4. The molecule has 0 aliphatic rings. The summed E-state index contributed by atoms with van der Waals surface area (Å²) in [6.45, 7) is 3.52. The lowest BCUT2D eigenvalue weighted by Gasteiger charge is -2.12. The third kappa shape index (κ3) is 3.16. The van der Waals surface area contributed by atoms with Crippen molar-refractivity contribution in [1.29, 1.82) is 0 Å². The number of methoxy groups -OCH3 is 1. The topological polar surface area (TPSA) is 51.2 Å². The summed E-state index contributed by atoms with van der Waals surface area (Å²) in [5, 5.41) is 4.39. The Bertz CT molecular complexity index is 888. The van der Waals surface area contributed by atoms with E-state index in [4.69, 9.17) is 4.74 Å². The number of Topliss-reactive ketones (excluding diaryl/α,β-unsaturated/α-hetero) is 1. The van der Waals surface area contributed by atoms with Gasteiger partial charge in [0, 0.05) is 34.1 Å². The average Bonchev–Trinajstić information content (AvgIpc) is 2.54. The molecule has 23 heavy (non-hydrogen) atoms. The number of ketones is 1. The fraction of sp³-hybridized carbons (Fsp3) is 0.158. The maximum atomic E-state index is 11.5. The van der Waals surface area contributed by atoms with Gasteiger partial charge in [0.05, 0.1) is 12.6 Å². The molecule has 0 amide bonds. The van der Waals surface area contributed by atoms with Crippen LogP contribution in [0, 0.1) is 6.92 Å². The maximum Gasteiger partial charge on any atom is 0.159 e. The molecule has 1 N–H and O–H groups in total. The van der Waals surface area contributed by atoms with E-state index in [0.29, 0.717) is 5.56 Å². The number of carbonyl (C=O) groups is 1. The van der Waals surface area contributed by atoms with Gasteiger partial charge in [0.1, 0.15) is 5.75 Å². The van der Waals surface area contributed by atoms with Gasteiger partial charge in [-0.25, -0.2) is 0 Å². The van der Waals surface area contributed by atoms with E-state index in [1.54, 1.807) is 14.0 Å². The number of aromatic nitrogens is 1. The number of pyridine rings is 1. The predicted molar refractivity (Wildman–Crippen MR) is 92.8 cm³/mol. The van der Waals surface area contributed by atoms with Crippen molar-refractivity contribution in [3.8, 4) is 5.75 Å². The molecule has 4 nitrogen and oxygen atoms in total. The number of hydrogen-bond acceptors (Lipinski definition) is 4. The van der Waals surface area contributed by atoms with E-state index >= 15 is 0 Å². The van der Waals surface area contributed by atoms with Crippen molar-refractivity contribution in [3.05, 3.63) is 59.8 Å². The lowest BCUT2D eigenvalue weighted by Crippen LogP contribution is -1.97. The standard InChI is InChI=1S/C19H18N2O2/c1-12-9-18(17-8-7-16(23-3)11-19(17)20-12)21-15-6-4-5-14(10-15)13(2)22/h4-11H,1-3H3,(H,20,21). The summed E-state index contributed by atoms with van der Waals surface area (Å²) in [5.74, 6) is 0.828.